The van der Waals surface area contributed by atoms with Crippen molar-refractivity contribution in [2.75, 3.05) is 13.1 Å². The van der Waals surface area contributed by atoms with E-state index in [4.69, 9.17) is 23.2 Å². The van der Waals surface area contributed by atoms with E-state index in [2.05, 4.69) is 10.6 Å². The highest BCUT2D eigenvalue weighted by molar-refractivity contribution is 6.43. The lowest BCUT2D eigenvalue weighted by atomic mass is 10.0. The molecule has 6 nitrogen and oxygen atoms in total. The molecule has 8 heteroatoms. The molecule has 2 rings (SSSR count). The summed E-state index contributed by atoms with van der Waals surface area (Å²) >= 11 is 12.0. The van der Waals surface area contributed by atoms with Crippen molar-refractivity contribution in [1.29, 1.82) is 0 Å². The zero-order chi connectivity index (χ0) is 19.3. The van der Waals surface area contributed by atoms with E-state index in [9.17, 15) is 14.4 Å². The number of halogens is 2. The Morgan fingerprint density at radius 2 is 2.04 bits per heavy atom. The molecule has 2 atom stereocenters. The van der Waals surface area contributed by atoms with E-state index >= 15 is 0 Å². The van der Waals surface area contributed by atoms with Crippen molar-refractivity contribution in [3.05, 3.63) is 33.8 Å². The first-order chi connectivity index (χ1) is 12.3. The Hall–Kier alpha value is -1.79. The number of rotatable bonds is 5. The van der Waals surface area contributed by atoms with Crippen LogP contribution in [0.3, 0.4) is 0 Å². The lowest BCUT2D eigenvalue weighted by Gasteiger charge is -2.34. The van der Waals surface area contributed by atoms with Crippen LogP contribution in [0.4, 0.5) is 0 Å². The minimum absolute atomic E-state index is 0.0266. The molecule has 0 aromatic heterocycles. The second-order valence-electron chi connectivity index (χ2n) is 6.34. The smallest absolute Gasteiger partial charge is 0.253 e. The van der Waals surface area contributed by atoms with E-state index in [0.717, 1.165) is 12.8 Å². The van der Waals surface area contributed by atoms with Crippen molar-refractivity contribution in [2.24, 2.45) is 0 Å². The van der Waals surface area contributed by atoms with Crippen LogP contribution in [0.1, 0.15) is 43.5 Å². The Balaban J connectivity index is 1.97. The van der Waals surface area contributed by atoms with Crippen LogP contribution in [0.25, 0.3) is 0 Å². The maximum absolute atomic E-state index is 12.7. The number of amides is 3. The predicted molar refractivity (Wildman–Crippen MR) is 101 cm³/mol. The van der Waals surface area contributed by atoms with Crippen molar-refractivity contribution in [3.63, 3.8) is 0 Å². The number of carbonyl (C=O) groups is 3. The Labute approximate surface area is 163 Å². The van der Waals surface area contributed by atoms with Gasteiger partial charge < -0.3 is 15.5 Å². The summed E-state index contributed by atoms with van der Waals surface area (Å²) in [7, 11) is 0. The highest BCUT2D eigenvalue weighted by Crippen LogP contribution is 2.25. The molecule has 0 aliphatic carbocycles. The van der Waals surface area contributed by atoms with E-state index in [-0.39, 0.29) is 33.5 Å². The van der Waals surface area contributed by atoms with E-state index in [1.165, 1.54) is 0 Å². The summed E-state index contributed by atoms with van der Waals surface area (Å²) < 4.78 is 0. The first-order valence-corrected chi connectivity index (χ1v) is 9.42. The number of hydrogen-bond acceptors (Lipinski definition) is 3. The van der Waals surface area contributed by atoms with Gasteiger partial charge in [-0.25, -0.2) is 0 Å². The number of carbonyl (C=O) groups excluding carboxylic acids is 3. The average Bonchev–Trinajstić information content (AvgIpc) is 2.63. The number of nitrogens with zero attached hydrogens (tertiary/aromatic N) is 1. The molecule has 2 N–H and O–H groups in total. The zero-order valence-corrected chi connectivity index (χ0v) is 16.4. The number of piperidine rings is 1. The summed E-state index contributed by atoms with van der Waals surface area (Å²) in [5, 5.41) is 6.03. The molecule has 1 saturated heterocycles. The number of benzene rings is 1. The van der Waals surface area contributed by atoms with Crippen LogP contribution in [0.15, 0.2) is 18.2 Å². The molecule has 26 heavy (non-hydrogen) atoms. The highest BCUT2D eigenvalue weighted by atomic mass is 35.5. The first kappa shape index (κ1) is 20.5. The van der Waals surface area contributed by atoms with Gasteiger partial charge in [0.1, 0.15) is 6.04 Å². The molecule has 0 radical (unpaired) electrons. The Morgan fingerprint density at radius 1 is 1.31 bits per heavy atom. The Kier molecular flexibility index (Phi) is 7.29. The summed E-state index contributed by atoms with van der Waals surface area (Å²) in [4.78, 5) is 38.3. The third-order valence-electron chi connectivity index (χ3n) is 4.33. The molecule has 1 heterocycles. The van der Waals surface area contributed by atoms with Crippen LogP contribution >= 0.6 is 23.2 Å². The summed E-state index contributed by atoms with van der Waals surface area (Å²) in [5.41, 5.74) is 0.227. The van der Waals surface area contributed by atoms with Crippen LogP contribution in [0.2, 0.25) is 10.0 Å². The van der Waals surface area contributed by atoms with Gasteiger partial charge in [0.2, 0.25) is 11.8 Å². The minimum atomic E-state index is -0.710. The molecule has 0 bridgehead atoms. The largest absolute Gasteiger partial charge is 0.352 e. The van der Waals surface area contributed by atoms with Gasteiger partial charge in [0.25, 0.3) is 5.91 Å². The van der Waals surface area contributed by atoms with E-state index in [0.29, 0.717) is 19.5 Å². The standard InChI is InChI=1S/C18H23Cl2N3O3/c1-3-15(24)22-12-6-5-9-23(10-12)18(26)11(2)21-17(25)13-7-4-8-14(19)16(13)20/h4,7-8,11-12H,3,5-6,9-10H2,1-2H3,(H,21,25)(H,22,24). The molecular formula is C18H23Cl2N3O3. The van der Waals surface area contributed by atoms with Crippen molar-refractivity contribution in [3.8, 4) is 0 Å². The maximum Gasteiger partial charge on any atom is 0.253 e. The van der Waals surface area contributed by atoms with Crippen molar-refractivity contribution in [2.45, 2.75) is 45.2 Å². The SMILES string of the molecule is CCC(=O)NC1CCCN(C(=O)C(C)NC(=O)c2cccc(Cl)c2Cl)C1. The average molecular weight is 400 g/mol. The maximum atomic E-state index is 12.7. The molecule has 0 spiro atoms. The monoisotopic (exact) mass is 399 g/mol. The van der Waals surface area contributed by atoms with Crippen molar-refractivity contribution < 1.29 is 14.4 Å². The molecule has 1 aromatic carbocycles. The molecule has 3 amide bonds. The molecule has 1 aliphatic heterocycles. The van der Waals surface area contributed by atoms with Gasteiger partial charge >= 0.3 is 0 Å². The van der Waals surface area contributed by atoms with Crippen LogP contribution < -0.4 is 10.6 Å². The molecule has 1 aliphatic rings. The first-order valence-electron chi connectivity index (χ1n) is 8.66. The lowest BCUT2D eigenvalue weighted by Crippen LogP contribution is -2.54. The van der Waals surface area contributed by atoms with Crippen molar-refractivity contribution >= 4 is 40.9 Å². The molecular weight excluding hydrogens is 377 g/mol. The van der Waals surface area contributed by atoms with Gasteiger partial charge in [-0.15, -0.1) is 0 Å². The number of nitrogens with one attached hydrogen (secondary N) is 2. The van der Waals surface area contributed by atoms with Crippen LogP contribution in [0, 0.1) is 0 Å². The van der Waals surface area contributed by atoms with Crippen LogP contribution in [-0.4, -0.2) is 47.8 Å². The van der Waals surface area contributed by atoms with Crippen molar-refractivity contribution in [1.82, 2.24) is 15.5 Å². The summed E-state index contributed by atoms with van der Waals surface area (Å²) in [6.45, 7) is 4.48. The third-order valence-corrected chi connectivity index (χ3v) is 5.15. The number of likely N-dealkylation sites (tertiary alicyclic amines) is 1. The minimum Gasteiger partial charge on any atom is -0.352 e. The second-order valence-corrected chi connectivity index (χ2v) is 7.13. The van der Waals surface area contributed by atoms with Gasteiger partial charge in [-0.2, -0.15) is 0 Å². The summed E-state index contributed by atoms with van der Waals surface area (Å²) in [6, 6.07) is 4.01. The predicted octanol–water partition coefficient (Wildman–Crippen LogP) is 2.63. The fraction of sp³-hybridized carbons (Fsp3) is 0.500. The fourth-order valence-electron chi connectivity index (χ4n) is 2.91. The van der Waals surface area contributed by atoms with Gasteiger partial charge in [-0.1, -0.05) is 36.2 Å². The van der Waals surface area contributed by atoms with E-state index in [1.54, 1.807) is 36.9 Å². The lowest BCUT2D eigenvalue weighted by molar-refractivity contribution is -0.135. The number of hydrogen-bond donors (Lipinski definition) is 2. The van der Waals surface area contributed by atoms with Gasteiger partial charge in [0, 0.05) is 25.6 Å². The topological polar surface area (TPSA) is 78.5 Å². The molecule has 0 saturated carbocycles. The van der Waals surface area contributed by atoms with Crippen LogP contribution in [-0.2, 0) is 9.59 Å². The van der Waals surface area contributed by atoms with E-state index < -0.39 is 11.9 Å². The molecule has 2 unspecified atom stereocenters. The van der Waals surface area contributed by atoms with Gasteiger partial charge in [0.05, 0.1) is 15.6 Å². The molecule has 1 aromatic rings. The summed E-state index contributed by atoms with van der Waals surface area (Å²) in [6.07, 6.45) is 2.06. The van der Waals surface area contributed by atoms with E-state index in [1.807, 2.05) is 0 Å². The fourth-order valence-corrected chi connectivity index (χ4v) is 3.30. The second kappa shape index (κ2) is 9.24. The Bertz CT molecular complexity index is 696. The normalized spacial score (nSPS) is 18.2. The summed E-state index contributed by atoms with van der Waals surface area (Å²) in [5.74, 6) is -0.667. The van der Waals surface area contributed by atoms with Gasteiger partial charge in [0.15, 0.2) is 0 Å². The quantitative estimate of drug-likeness (QED) is 0.798. The molecule has 1 fully saturated rings. The highest BCUT2D eigenvalue weighted by Gasteiger charge is 2.28. The molecule has 142 valence electrons. The Morgan fingerprint density at radius 3 is 2.73 bits per heavy atom. The third kappa shape index (κ3) is 5.11. The van der Waals surface area contributed by atoms with Gasteiger partial charge in [-0.3, -0.25) is 14.4 Å². The van der Waals surface area contributed by atoms with Crippen LogP contribution in [0.5, 0.6) is 0 Å². The van der Waals surface area contributed by atoms with Gasteiger partial charge in [-0.05, 0) is 31.9 Å². The zero-order valence-electron chi connectivity index (χ0n) is 14.9.